The Morgan fingerprint density at radius 1 is 1.65 bits per heavy atom. The van der Waals surface area contributed by atoms with Crippen molar-refractivity contribution in [1.82, 2.24) is 10.2 Å². The van der Waals surface area contributed by atoms with E-state index in [4.69, 9.17) is 4.74 Å². The summed E-state index contributed by atoms with van der Waals surface area (Å²) in [6.45, 7) is 6.32. The van der Waals surface area contributed by atoms with Gasteiger partial charge in [-0.15, -0.1) is 11.3 Å². The van der Waals surface area contributed by atoms with Crippen molar-refractivity contribution in [2.45, 2.75) is 25.5 Å². The summed E-state index contributed by atoms with van der Waals surface area (Å²) in [5, 5.41) is 5.55. The van der Waals surface area contributed by atoms with Gasteiger partial charge < -0.3 is 10.1 Å². The van der Waals surface area contributed by atoms with Crippen LogP contribution in [0.1, 0.15) is 11.8 Å². The quantitative estimate of drug-likeness (QED) is 0.864. The third-order valence-corrected chi connectivity index (χ3v) is 4.34. The van der Waals surface area contributed by atoms with Crippen LogP contribution in [-0.2, 0) is 11.2 Å². The van der Waals surface area contributed by atoms with Crippen molar-refractivity contribution in [3.05, 3.63) is 22.4 Å². The number of likely N-dealkylation sites (N-methyl/N-ethyl adjacent to an activating group) is 2. The van der Waals surface area contributed by atoms with Gasteiger partial charge >= 0.3 is 0 Å². The van der Waals surface area contributed by atoms with Gasteiger partial charge in [0.1, 0.15) is 0 Å². The Morgan fingerprint density at radius 3 is 3.18 bits per heavy atom. The molecule has 1 aliphatic heterocycles. The van der Waals surface area contributed by atoms with Crippen molar-refractivity contribution in [1.29, 1.82) is 0 Å². The highest BCUT2D eigenvalue weighted by Gasteiger charge is 2.26. The van der Waals surface area contributed by atoms with E-state index >= 15 is 0 Å². The normalized spacial score (nSPS) is 23.8. The highest BCUT2D eigenvalue weighted by atomic mass is 32.1. The Morgan fingerprint density at radius 2 is 2.53 bits per heavy atom. The van der Waals surface area contributed by atoms with E-state index in [-0.39, 0.29) is 0 Å². The van der Waals surface area contributed by atoms with E-state index in [9.17, 15) is 0 Å². The molecule has 1 fully saturated rings. The Hall–Kier alpha value is -0.420. The average Bonchev–Trinajstić information content (AvgIpc) is 2.89. The standard InChI is InChI=1S/C13H22N2OS/c1-3-15-6-7-16-13(10-15)12(14-2)9-11-5-4-8-17-11/h4-5,8,12-14H,3,6-7,9-10H2,1-2H3. The molecule has 0 aliphatic carbocycles. The first-order valence-corrected chi connectivity index (χ1v) is 7.25. The smallest absolute Gasteiger partial charge is 0.0858 e. The molecule has 1 saturated heterocycles. The highest BCUT2D eigenvalue weighted by Crippen LogP contribution is 2.16. The summed E-state index contributed by atoms with van der Waals surface area (Å²) in [5.41, 5.74) is 0. The van der Waals surface area contributed by atoms with Crippen molar-refractivity contribution >= 4 is 11.3 Å². The van der Waals surface area contributed by atoms with Gasteiger partial charge in [0.2, 0.25) is 0 Å². The summed E-state index contributed by atoms with van der Waals surface area (Å²) in [5.74, 6) is 0. The molecule has 2 heterocycles. The van der Waals surface area contributed by atoms with Gasteiger partial charge in [0.25, 0.3) is 0 Å². The third-order valence-electron chi connectivity index (χ3n) is 3.45. The first kappa shape index (κ1) is 13.0. The summed E-state index contributed by atoms with van der Waals surface area (Å²) in [6, 6.07) is 4.74. The van der Waals surface area contributed by atoms with Crippen molar-refractivity contribution in [2.24, 2.45) is 0 Å². The number of thiophene rings is 1. The lowest BCUT2D eigenvalue weighted by Gasteiger charge is -2.36. The molecule has 2 atom stereocenters. The molecule has 2 unspecified atom stereocenters. The van der Waals surface area contributed by atoms with E-state index in [2.05, 4.69) is 34.7 Å². The molecular weight excluding hydrogens is 232 g/mol. The van der Waals surface area contributed by atoms with Crippen LogP contribution in [-0.4, -0.2) is 50.3 Å². The van der Waals surface area contributed by atoms with Crippen molar-refractivity contribution in [2.75, 3.05) is 33.3 Å². The minimum Gasteiger partial charge on any atom is -0.374 e. The fourth-order valence-corrected chi connectivity index (χ4v) is 3.09. The minimum atomic E-state index is 0.316. The van der Waals surface area contributed by atoms with E-state index in [0.29, 0.717) is 12.1 Å². The van der Waals surface area contributed by atoms with Crippen molar-refractivity contribution in [3.8, 4) is 0 Å². The van der Waals surface area contributed by atoms with Crippen LogP contribution in [0.2, 0.25) is 0 Å². The van der Waals surface area contributed by atoms with Gasteiger partial charge in [-0.25, -0.2) is 0 Å². The van der Waals surface area contributed by atoms with E-state index in [1.807, 2.05) is 18.4 Å². The lowest BCUT2D eigenvalue weighted by atomic mass is 10.0. The van der Waals surface area contributed by atoms with Gasteiger partial charge in [-0.1, -0.05) is 13.0 Å². The Kier molecular flexibility index (Phi) is 4.98. The van der Waals surface area contributed by atoms with Crippen LogP contribution in [0.3, 0.4) is 0 Å². The van der Waals surface area contributed by atoms with E-state index in [0.717, 1.165) is 32.7 Å². The van der Waals surface area contributed by atoms with E-state index in [1.54, 1.807) is 0 Å². The second-order valence-electron chi connectivity index (χ2n) is 4.48. The molecule has 1 aliphatic rings. The van der Waals surface area contributed by atoms with Crippen molar-refractivity contribution < 1.29 is 4.74 Å². The van der Waals surface area contributed by atoms with Gasteiger partial charge in [-0.05, 0) is 31.5 Å². The van der Waals surface area contributed by atoms with Crippen molar-refractivity contribution in [3.63, 3.8) is 0 Å². The molecule has 3 nitrogen and oxygen atoms in total. The SMILES string of the molecule is CCN1CCOC(C(Cc2cccs2)NC)C1. The number of morpholine rings is 1. The maximum atomic E-state index is 5.91. The number of hydrogen-bond donors (Lipinski definition) is 1. The van der Waals surface area contributed by atoms with Gasteiger partial charge in [-0.3, -0.25) is 4.90 Å². The molecule has 0 aromatic carbocycles. The Labute approximate surface area is 108 Å². The van der Waals surface area contributed by atoms with E-state index in [1.165, 1.54) is 4.88 Å². The monoisotopic (exact) mass is 254 g/mol. The summed E-state index contributed by atoms with van der Waals surface area (Å²) in [7, 11) is 2.03. The second-order valence-corrected chi connectivity index (χ2v) is 5.51. The van der Waals surface area contributed by atoms with Gasteiger partial charge in [0.05, 0.1) is 12.7 Å². The number of rotatable bonds is 5. The maximum absolute atomic E-state index is 5.91. The molecule has 4 heteroatoms. The molecule has 96 valence electrons. The van der Waals surface area contributed by atoms with Gasteiger partial charge in [-0.2, -0.15) is 0 Å². The lowest BCUT2D eigenvalue weighted by molar-refractivity contribution is -0.0434. The predicted octanol–water partition coefficient (Wildman–Crippen LogP) is 1.60. The van der Waals surface area contributed by atoms with Crippen LogP contribution in [0.15, 0.2) is 17.5 Å². The zero-order valence-corrected chi connectivity index (χ0v) is 11.5. The molecule has 0 spiro atoms. The Balaban J connectivity index is 1.93. The van der Waals surface area contributed by atoms with E-state index < -0.39 is 0 Å². The maximum Gasteiger partial charge on any atom is 0.0858 e. The van der Waals surface area contributed by atoms with Gasteiger partial charge in [0.15, 0.2) is 0 Å². The minimum absolute atomic E-state index is 0.316. The number of nitrogens with zero attached hydrogens (tertiary/aromatic N) is 1. The lowest BCUT2D eigenvalue weighted by Crippen LogP contribution is -2.52. The van der Waals surface area contributed by atoms with Crippen LogP contribution in [0.5, 0.6) is 0 Å². The molecular formula is C13H22N2OS. The molecule has 1 aromatic heterocycles. The number of ether oxygens (including phenoxy) is 1. The molecule has 0 amide bonds. The fourth-order valence-electron chi connectivity index (χ4n) is 2.33. The molecule has 1 N–H and O–H groups in total. The van der Waals surface area contributed by atoms with Crippen LogP contribution in [0.25, 0.3) is 0 Å². The summed E-state index contributed by atoms with van der Waals surface area (Å²) < 4.78 is 5.91. The molecule has 0 saturated carbocycles. The Bertz CT molecular complexity index is 315. The third kappa shape index (κ3) is 3.52. The van der Waals surface area contributed by atoms with Crippen LogP contribution >= 0.6 is 11.3 Å². The number of nitrogens with one attached hydrogen (secondary N) is 1. The summed E-state index contributed by atoms with van der Waals surface area (Å²) in [4.78, 5) is 3.90. The molecule has 0 radical (unpaired) electrons. The predicted molar refractivity (Wildman–Crippen MR) is 72.7 cm³/mol. The zero-order valence-electron chi connectivity index (χ0n) is 10.7. The molecule has 1 aromatic rings. The molecule has 2 rings (SSSR count). The summed E-state index contributed by atoms with van der Waals surface area (Å²) in [6.07, 6.45) is 1.38. The first-order chi connectivity index (χ1) is 8.33. The highest BCUT2D eigenvalue weighted by molar-refractivity contribution is 7.09. The van der Waals surface area contributed by atoms with Crippen LogP contribution in [0, 0.1) is 0 Å². The average molecular weight is 254 g/mol. The first-order valence-electron chi connectivity index (χ1n) is 6.37. The van der Waals surface area contributed by atoms with Crippen LogP contribution < -0.4 is 5.32 Å². The topological polar surface area (TPSA) is 24.5 Å². The second kappa shape index (κ2) is 6.50. The van der Waals surface area contributed by atoms with Crippen LogP contribution in [0.4, 0.5) is 0 Å². The van der Waals surface area contributed by atoms with Gasteiger partial charge in [0, 0.05) is 24.0 Å². The molecule has 0 bridgehead atoms. The largest absolute Gasteiger partial charge is 0.374 e. The summed E-state index contributed by atoms with van der Waals surface area (Å²) >= 11 is 1.83. The molecule has 17 heavy (non-hydrogen) atoms. The zero-order chi connectivity index (χ0) is 12.1. The fraction of sp³-hybridized carbons (Fsp3) is 0.692. The number of hydrogen-bond acceptors (Lipinski definition) is 4.